The summed E-state index contributed by atoms with van der Waals surface area (Å²) in [5, 5.41) is 2.40. The molecular weight excluding hydrogens is 314 g/mol. The first-order chi connectivity index (χ1) is 11.8. The molecule has 4 nitrogen and oxygen atoms in total. The van der Waals surface area contributed by atoms with Gasteiger partial charge in [-0.1, -0.05) is 32.9 Å². The Kier molecular flexibility index (Phi) is 2.94. The fourth-order valence-electron chi connectivity index (χ4n) is 6.11. The number of hydrogen-bond donors (Lipinski definition) is 1. The van der Waals surface area contributed by atoms with Crippen LogP contribution in [-0.4, -0.2) is 24.0 Å². The predicted molar refractivity (Wildman–Crippen MR) is 93.3 cm³/mol. The van der Waals surface area contributed by atoms with Gasteiger partial charge in [0.2, 0.25) is 0 Å². The van der Waals surface area contributed by atoms with Gasteiger partial charge in [0.15, 0.2) is 0 Å². The van der Waals surface area contributed by atoms with Crippen LogP contribution in [0.2, 0.25) is 0 Å². The van der Waals surface area contributed by atoms with Crippen molar-refractivity contribution in [3.63, 3.8) is 0 Å². The third-order valence-corrected chi connectivity index (χ3v) is 8.15. The lowest BCUT2D eigenvalue weighted by molar-refractivity contribution is 0.0845. The van der Waals surface area contributed by atoms with Crippen LogP contribution in [0.4, 0.5) is 0 Å². The first-order valence-electron chi connectivity index (χ1n) is 9.46. The zero-order valence-corrected chi connectivity index (χ0v) is 15.1. The van der Waals surface area contributed by atoms with E-state index in [-0.39, 0.29) is 17.9 Å². The van der Waals surface area contributed by atoms with Crippen LogP contribution in [0.3, 0.4) is 0 Å². The molecule has 4 heteroatoms. The first-order valence-corrected chi connectivity index (χ1v) is 9.46. The highest BCUT2D eigenvalue weighted by atomic mass is 16.6. The average Bonchev–Trinajstić information content (AvgIpc) is 3.14. The Morgan fingerprint density at radius 2 is 2.00 bits per heavy atom. The number of carbonyl (C=O) groups is 2. The van der Waals surface area contributed by atoms with Gasteiger partial charge >= 0.3 is 0 Å². The number of epoxide rings is 1. The number of imide groups is 1. The van der Waals surface area contributed by atoms with Crippen LogP contribution in [-0.2, 0) is 11.2 Å². The van der Waals surface area contributed by atoms with Gasteiger partial charge in [0.25, 0.3) is 11.8 Å². The number of fused-ring (bicyclic) bond motifs is 3. The van der Waals surface area contributed by atoms with Gasteiger partial charge in [-0.05, 0) is 53.6 Å². The monoisotopic (exact) mass is 339 g/mol. The van der Waals surface area contributed by atoms with Crippen molar-refractivity contribution in [2.75, 3.05) is 0 Å². The summed E-state index contributed by atoms with van der Waals surface area (Å²) in [4.78, 5) is 23.9. The molecule has 2 saturated carbocycles. The van der Waals surface area contributed by atoms with E-state index < -0.39 is 0 Å². The van der Waals surface area contributed by atoms with E-state index in [1.807, 2.05) is 12.1 Å². The molecule has 1 aromatic carbocycles. The van der Waals surface area contributed by atoms with Gasteiger partial charge < -0.3 is 4.74 Å². The molecule has 1 aromatic rings. The van der Waals surface area contributed by atoms with Gasteiger partial charge in [0.1, 0.15) is 0 Å². The third-order valence-electron chi connectivity index (χ3n) is 8.15. The largest absolute Gasteiger partial charge is 0.369 e. The van der Waals surface area contributed by atoms with Crippen molar-refractivity contribution in [3.8, 4) is 0 Å². The zero-order chi connectivity index (χ0) is 17.6. The summed E-state index contributed by atoms with van der Waals surface area (Å²) < 4.78 is 6.12. The Balaban J connectivity index is 1.36. The SMILES string of the molecule is CC1(C)C2CCC1(C)C(C1OC1Cc1cccc3c1C(=O)NC3=O)C2. The smallest absolute Gasteiger partial charge is 0.259 e. The highest BCUT2D eigenvalue weighted by molar-refractivity contribution is 6.22. The van der Waals surface area contributed by atoms with Crippen molar-refractivity contribution in [1.82, 2.24) is 5.32 Å². The molecule has 5 rings (SSSR count). The van der Waals surface area contributed by atoms with Gasteiger partial charge in [-0.2, -0.15) is 0 Å². The number of hydrogen-bond acceptors (Lipinski definition) is 3. The van der Waals surface area contributed by atoms with E-state index >= 15 is 0 Å². The van der Waals surface area contributed by atoms with Crippen LogP contribution in [0.1, 0.15) is 66.3 Å². The van der Waals surface area contributed by atoms with Crippen LogP contribution in [0.5, 0.6) is 0 Å². The number of amides is 2. The summed E-state index contributed by atoms with van der Waals surface area (Å²) in [6.45, 7) is 7.32. The molecule has 132 valence electrons. The lowest BCUT2D eigenvalue weighted by Gasteiger charge is -2.39. The minimum atomic E-state index is -0.280. The average molecular weight is 339 g/mol. The maximum Gasteiger partial charge on any atom is 0.259 e. The van der Waals surface area contributed by atoms with Crippen LogP contribution in [0.15, 0.2) is 18.2 Å². The molecule has 2 aliphatic heterocycles. The quantitative estimate of drug-likeness (QED) is 0.679. The second-order valence-electron chi connectivity index (χ2n) is 9.18. The van der Waals surface area contributed by atoms with Crippen molar-refractivity contribution in [2.45, 2.75) is 58.7 Å². The molecule has 2 bridgehead atoms. The molecular formula is C21H25NO3. The fraction of sp³-hybridized carbons (Fsp3) is 0.619. The lowest BCUT2D eigenvalue weighted by atomic mass is 9.65. The van der Waals surface area contributed by atoms with E-state index in [1.165, 1.54) is 19.3 Å². The van der Waals surface area contributed by atoms with Gasteiger partial charge in [0.05, 0.1) is 23.3 Å². The molecule has 1 saturated heterocycles. The van der Waals surface area contributed by atoms with Crippen molar-refractivity contribution in [2.24, 2.45) is 22.7 Å². The molecule has 2 amide bonds. The van der Waals surface area contributed by atoms with Crippen LogP contribution < -0.4 is 5.32 Å². The molecule has 4 aliphatic rings. The molecule has 5 atom stereocenters. The van der Waals surface area contributed by atoms with E-state index in [4.69, 9.17) is 4.74 Å². The van der Waals surface area contributed by atoms with E-state index in [1.54, 1.807) is 6.07 Å². The van der Waals surface area contributed by atoms with Crippen molar-refractivity contribution >= 4 is 11.8 Å². The second-order valence-corrected chi connectivity index (χ2v) is 9.18. The molecule has 25 heavy (non-hydrogen) atoms. The summed E-state index contributed by atoms with van der Waals surface area (Å²) in [6.07, 6.45) is 5.16. The zero-order valence-electron chi connectivity index (χ0n) is 15.1. The van der Waals surface area contributed by atoms with Gasteiger partial charge in [-0.15, -0.1) is 0 Å². The highest BCUT2D eigenvalue weighted by Crippen LogP contribution is 2.70. The Morgan fingerprint density at radius 1 is 1.20 bits per heavy atom. The maximum absolute atomic E-state index is 12.1. The minimum absolute atomic E-state index is 0.187. The summed E-state index contributed by atoms with van der Waals surface area (Å²) >= 11 is 0. The molecule has 0 radical (unpaired) electrons. The molecule has 2 aliphatic carbocycles. The van der Waals surface area contributed by atoms with Crippen molar-refractivity contribution in [1.29, 1.82) is 0 Å². The molecule has 5 unspecified atom stereocenters. The third kappa shape index (κ3) is 1.92. The normalized spacial score (nSPS) is 40.3. The minimum Gasteiger partial charge on any atom is -0.369 e. The second kappa shape index (κ2) is 4.73. The van der Waals surface area contributed by atoms with Crippen molar-refractivity contribution < 1.29 is 14.3 Å². The summed E-state index contributed by atoms with van der Waals surface area (Å²) in [7, 11) is 0. The summed E-state index contributed by atoms with van der Waals surface area (Å²) in [5.74, 6) is 0.897. The lowest BCUT2D eigenvalue weighted by Crippen LogP contribution is -2.35. The molecule has 0 spiro atoms. The Hall–Kier alpha value is -1.68. The Morgan fingerprint density at radius 3 is 2.68 bits per heavy atom. The summed E-state index contributed by atoms with van der Waals surface area (Å²) in [5.41, 5.74) is 2.77. The fourth-order valence-corrected chi connectivity index (χ4v) is 6.11. The van der Waals surface area contributed by atoms with Gasteiger partial charge in [-0.3, -0.25) is 14.9 Å². The van der Waals surface area contributed by atoms with E-state index in [9.17, 15) is 9.59 Å². The standard InChI is InChI=1S/C21H25NO3/c1-20(2)12-7-8-21(20,3)14(10-12)17-15(25-17)9-11-5-4-6-13-16(11)19(24)22-18(13)23/h4-6,12,14-15,17H,7-10H2,1-3H3,(H,22,23,24). The number of rotatable bonds is 3. The van der Waals surface area contributed by atoms with E-state index in [2.05, 4.69) is 26.1 Å². The molecule has 0 aromatic heterocycles. The van der Waals surface area contributed by atoms with Crippen molar-refractivity contribution in [3.05, 3.63) is 34.9 Å². The number of nitrogens with one attached hydrogen (secondary N) is 1. The first kappa shape index (κ1) is 15.6. The Labute approximate surface area is 148 Å². The maximum atomic E-state index is 12.1. The van der Waals surface area contributed by atoms with E-state index in [0.717, 1.165) is 17.9 Å². The molecule has 1 N–H and O–H groups in total. The van der Waals surface area contributed by atoms with Crippen LogP contribution in [0.25, 0.3) is 0 Å². The number of benzene rings is 1. The summed E-state index contributed by atoms with van der Waals surface area (Å²) in [6, 6.07) is 5.55. The molecule has 3 fully saturated rings. The molecule has 2 heterocycles. The van der Waals surface area contributed by atoms with Gasteiger partial charge in [-0.25, -0.2) is 0 Å². The topological polar surface area (TPSA) is 58.7 Å². The van der Waals surface area contributed by atoms with E-state index in [0.29, 0.717) is 34.0 Å². The van der Waals surface area contributed by atoms with Gasteiger partial charge in [0, 0.05) is 6.42 Å². The predicted octanol–water partition coefficient (Wildman–Crippen LogP) is 3.34. The number of carbonyl (C=O) groups excluding carboxylic acids is 2. The van der Waals surface area contributed by atoms with Crippen LogP contribution in [0, 0.1) is 22.7 Å². The Bertz CT molecular complexity index is 798. The highest BCUT2D eigenvalue weighted by Gasteiger charge is 2.66. The number of ether oxygens (including phenoxy) is 1. The van der Waals surface area contributed by atoms with Crippen LogP contribution >= 0.6 is 0 Å².